The number of aromatic nitrogens is 1. The summed E-state index contributed by atoms with van der Waals surface area (Å²) in [6.07, 6.45) is 1.98. The predicted molar refractivity (Wildman–Crippen MR) is 114 cm³/mol. The lowest BCUT2D eigenvalue weighted by atomic mass is 9.92. The maximum atomic E-state index is 12.9. The van der Waals surface area contributed by atoms with Gasteiger partial charge in [-0.3, -0.25) is 9.59 Å². The van der Waals surface area contributed by atoms with Gasteiger partial charge >= 0.3 is 0 Å². The number of nitrogens with zero attached hydrogens (tertiary/aromatic N) is 1. The van der Waals surface area contributed by atoms with Crippen LogP contribution in [0.4, 0.5) is 0 Å². The number of amides is 2. The molecule has 152 valence electrons. The van der Waals surface area contributed by atoms with E-state index in [4.69, 9.17) is 22.1 Å². The van der Waals surface area contributed by atoms with E-state index in [0.29, 0.717) is 29.4 Å². The number of primary amides is 1. The molecule has 30 heavy (non-hydrogen) atoms. The zero-order chi connectivity index (χ0) is 21.3. The number of halogens is 1. The number of fused-ring (bicyclic) bond motifs is 1. The van der Waals surface area contributed by atoms with Gasteiger partial charge < -0.3 is 15.8 Å². The smallest absolute Gasteiger partial charge is 0.264 e. The fourth-order valence-electron chi connectivity index (χ4n) is 3.57. The van der Waals surface area contributed by atoms with E-state index in [0.717, 1.165) is 22.3 Å². The van der Waals surface area contributed by atoms with Crippen LogP contribution < -0.4 is 15.8 Å². The van der Waals surface area contributed by atoms with Crippen molar-refractivity contribution in [2.45, 2.75) is 25.5 Å². The van der Waals surface area contributed by atoms with E-state index in [1.807, 2.05) is 24.3 Å². The predicted octanol–water partition coefficient (Wildman–Crippen LogP) is 3.51. The summed E-state index contributed by atoms with van der Waals surface area (Å²) < 4.78 is 5.97. The van der Waals surface area contributed by atoms with Gasteiger partial charge in [0.2, 0.25) is 11.8 Å². The summed E-state index contributed by atoms with van der Waals surface area (Å²) >= 11 is 6.01. The van der Waals surface area contributed by atoms with Crippen LogP contribution in [0.2, 0.25) is 5.02 Å². The fourth-order valence-corrected chi connectivity index (χ4v) is 3.79. The van der Waals surface area contributed by atoms with E-state index in [9.17, 15) is 9.59 Å². The molecule has 3 N–H and O–H groups in total. The average Bonchev–Trinajstić information content (AvgIpc) is 3.09. The van der Waals surface area contributed by atoms with E-state index in [1.165, 1.54) is 0 Å². The molecule has 2 amide bonds. The molecule has 2 heterocycles. The van der Waals surface area contributed by atoms with Gasteiger partial charge in [0.1, 0.15) is 0 Å². The Kier molecular flexibility index (Phi) is 5.18. The summed E-state index contributed by atoms with van der Waals surface area (Å²) in [4.78, 5) is 28.8. The summed E-state index contributed by atoms with van der Waals surface area (Å²) in [5.74, 6) is -0.321. The van der Waals surface area contributed by atoms with Crippen LogP contribution >= 0.6 is 11.6 Å². The molecule has 6 nitrogen and oxygen atoms in total. The zero-order valence-corrected chi connectivity index (χ0v) is 17.1. The number of nitrogens with two attached hydrogens (primary N) is 1. The highest BCUT2D eigenvalue weighted by Gasteiger charge is 2.43. The third kappa shape index (κ3) is 3.86. The van der Waals surface area contributed by atoms with Crippen molar-refractivity contribution in [2.75, 3.05) is 0 Å². The number of ether oxygens (including phenoxy) is 1. The van der Waals surface area contributed by atoms with Crippen LogP contribution in [0, 0.1) is 0 Å². The molecule has 1 aromatic heterocycles. The Balaban J connectivity index is 1.56. The van der Waals surface area contributed by atoms with Gasteiger partial charge in [0.05, 0.1) is 0 Å². The van der Waals surface area contributed by atoms with E-state index in [-0.39, 0.29) is 5.91 Å². The zero-order valence-electron chi connectivity index (χ0n) is 16.3. The molecular weight excluding hydrogens is 402 g/mol. The van der Waals surface area contributed by atoms with Crippen LogP contribution in [0.5, 0.6) is 5.88 Å². The molecular formula is C23H20ClN3O3. The Morgan fingerprint density at radius 2 is 2.00 bits per heavy atom. The molecule has 0 aliphatic carbocycles. The van der Waals surface area contributed by atoms with Crippen molar-refractivity contribution < 1.29 is 14.3 Å². The largest absolute Gasteiger partial charge is 0.461 e. The molecule has 3 aromatic rings. The first-order valence-corrected chi connectivity index (χ1v) is 9.83. The highest BCUT2D eigenvalue weighted by molar-refractivity contribution is 6.30. The van der Waals surface area contributed by atoms with Gasteiger partial charge in [0.25, 0.3) is 5.91 Å². The van der Waals surface area contributed by atoms with E-state index in [2.05, 4.69) is 10.3 Å². The molecule has 0 saturated heterocycles. The van der Waals surface area contributed by atoms with E-state index in [1.54, 1.807) is 43.5 Å². The Bertz CT molecular complexity index is 1150. The first-order chi connectivity index (χ1) is 14.4. The summed E-state index contributed by atoms with van der Waals surface area (Å²) in [6, 6.07) is 16.2. The van der Waals surface area contributed by atoms with Gasteiger partial charge in [-0.15, -0.1) is 0 Å². The number of rotatable bonds is 5. The van der Waals surface area contributed by atoms with Gasteiger partial charge in [-0.25, -0.2) is 4.98 Å². The fraction of sp³-hybridized carbons (Fsp3) is 0.174. The minimum absolute atomic E-state index is 0.239. The standard InChI is InChI=1S/C23H20ClN3O3/c1-23(22(29)27-13-14-4-2-7-17(24)10-14)12-19-18(8-9-26-21(19)30-23)15-5-3-6-16(11-15)20(25)28/h2-11H,12-13H2,1H3,(H2,25,28)(H,27,29). The molecule has 7 heteroatoms. The first-order valence-electron chi connectivity index (χ1n) is 9.45. The van der Waals surface area contributed by atoms with Gasteiger partial charge in [-0.05, 0) is 53.9 Å². The third-order valence-corrected chi connectivity index (χ3v) is 5.37. The first kappa shape index (κ1) is 19.9. The van der Waals surface area contributed by atoms with Crippen molar-refractivity contribution in [1.29, 1.82) is 0 Å². The molecule has 1 aliphatic heterocycles. The quantitative estimate of drug-likeness (QED) is 0.659. The van der Waals surface area contributed by atoms with Crippen molar-refractivity contribution >= 4 is 23.4 Å². The topological polar surface area (TPSA) is 94.3 Å². The van der Waals surface area contributed by atoms with E-state index >= 15 is 0 Å². The second-order valence-electron chi connectivity index (χ2n) is 7.41. The van der Waals surface area contributed by atoms with Crippen LogP contribution in [0.3, 0.4) is 0 Å². The summed E-state index contributed by atoms with van der Waals surface area (Å²) in [6.45, 7) is 2.08. The highest BCUT2D eigenvalue weighted by atomic mass is 35.5. The van der Waals surface area contributed by atoms with Crippen LogP contribution in [0.25, 0.3) is 11.1 Å². The molecule has 0 radical (unpaired) electrons. The van der Waals surface area contributed by atoms with Crippen LogP contribution in [0.1, 0.15) is 28.4 Å². The minimum atomic E-state index is -1.09. The lowest BCUT2D eigenvalue weighted by molar-refractivity contribution is -0.134. The Morgan fingerprint density at radius 3 is 2.77 bits per heavy atom. The summed E-state index contributed by atoms with van der Waals surface area (Å²) in [7, 11) is 0. The van der Waals surface area contributed by atoms with Gasteiger partial charge in [-0.1, -0.05) is 35.9 Å². The molecule has 1 aliphatic rings. The summed E-state index contributed by atoms with van der Waals surface area (Å²) in [5.41, 5.74) is 8.13. The lowest BCUT2D eigenvalue weighted by Gasteiger charge is -2.22. The Morgan fingerprint density at radius 1 is 1.20 bits per heavy atom. The van der Waals surface area contributed by atoms with Crippen molar-refractivity contribution in [3.05, 3.63) is 82.5 Å². The molecule has 1 unspecified atom stereocenters. The van der Waals surface area contributed by atoms with Crippen molar-refractivity contribution in [3.63, 3.8) is 0 Å². The lowest BCUT2D eigenvalue weighted by Crippen LogP contribution is -2.47. The SMILES string of the molecule is CC1(C(=O)NCc2cccc(Cl)c2)Cc2c(-c3cccc(C(N)=O)c3)ccnc2O1. The average molecular weight is 422 g/mol. The number of carbonyl (C=O) groups excluding carboxylic acids is 2. The van der Waals surface area contributed by atoms with Gasteiger partial charge in [0, 0.05) is 35.3 Å². The highest BCUT2D eigenvalue weighted by Crippen LogP contribution is 2.39. The Labute approximate surface area is 179 Å². The molecule has 4 rings (SSSR count). The number of hydrogen-bond donors (Lipinski definition) is 2. The molecule has 0 fully saturated rings. The molecule has 0 saturated carbocycles. The maximum absolute atomic E-state index is 12.9. The number of hydrogen-bond acceptors (Lipinski definition) is 4. The monoisotopic (exact) mass is 421 g/mol. The van der Waals surface area contributed by atoms with E-state index < -0.39 is 11.5 Å². The number of carbonyl (C=O) groups is 2. The van der Waals surface area contributed by atoms with Gasteiger partial charge in [-0.2, -0.15) is 0 Å². The normalized spacial score (nSPS) is 17.1. The Hall–Kier alpha value is -3.38. The summed E-state index contributed by atoms with van der Waals surface area (Å²) in [5, 5.41) is 3.53. The second-order valence-corrected chi connectivity index (χ2v) is 7.85. The van der Waals surface area contributed by atoms with Crippen LogP contribution in [-0.4, -0.2) is 22.4 Å². The molecule has 0 spiro atoms. The second kappa shape index (κ2) is 7.80. The van der Waals surface area contributed by atoms with Crippen LogP contribution in [-0.2, 0) is 17.8 Å². The molecule has 0 bridgehead atoms. The maximum Gasteiger partial charge on any atom is 0.264 e. The number of benzene rings is 2. The number of nitrogens with one attached hydrogen (secondary N) is 1. The molecule has 1 atom stereocenters. The number of pyridine rings is 1. The molecule has 2 aromatic carbocycles. The van der Waals surface area contributed by atoms with Gasteiger partial charge in [0.15, 0.2) is 5.60 Å². The van der Waals surface area contributed by atoms with Crippen molar-refractivity contribution in [1.82, 2.24) is 10.3 Å². The third-order valence-electron chi connectivity index (χ3n) is 5.13. The van der Waals surface area contributed by atoms with Crippen molar-refractivity contribution in [3.8, 4) is 17.0 Å². The van der Waals surface area contributed by atoms with Crippen LogP contribution in [0.15, 0.2) is 60.8 Å². The van der Waals surface area contributed by atoms with Crippen molar-refractivity contribution in [2.24, 2.45) is 5.73 Å². The minimum Gasteiger partial charge on any atom is -0.461 e.